The molecule has 0 radical (unpaired) electrons. The number of nitrogens with zero attached hydrogens (tertiary/aromatic N) is 1. The van der Waals surface area contributed by atoms with Gasteiger partial charge in [-0.2, -0.15) is 13.2 Å². The first kappa shape index (κ1) is 17.0. The molecule has 1 aromatic carbocycles. The van der Waals surface area contributed by atoms with Gasteiger partial charge >= 0.3 is 6.18 Å². The Hall–Kier alpha value is -2.80. The molecule has 128 valence electrons. The van der Waals surface area contributed by atoms with E-state index in [2.05, 4.69) is 9.97 Å². The van der Waals surface area contributed by atoms with E-state index in [0.29, 0.717) is 27.7 Å². The highest BCUT2D eigenvalue weighted by atomic mass is 35.5. The summed E-state index contributed by atoms with van der Waals surface area (Å²) in [7, 11) is 0. The van der Waals surface area contributed by atoms with Crippen molar-refractivity contribution in [2.75, 3.05) is 0 Å². The lowest BCUT2D eigenvalue weighted by atomic mass is 10.0. The maximum absolute atomic E-state index is 13.0. The third-order valence-electron chi connectivity index (χ3n) is 3.55. The zero-order chi connectivity index (χ0) is 18.2. The van der Waals surface area contributed by atoms with E-state index < -0.39 is 17.6 Å². The third kappa shape index (κ3) is 3.66. The fourth-order valence-electron chi connectivity index (χ4n) is 2.41. The third-order valence-corrected chi connectivity index (χ3v) is 3.77. The Morgan fingerprint density at radius 3 is 2.64 bits per heavy atom. The van der Waals surface area contributed by atoms with E-state index >= 15 is 0 Å². The molecule has 4 nitrogen and oxygen atoms in total. The van der Waals surface area contributed by atoms with Gasteiger partial charge in [0.15, 0.2) is 0 Å². The summed E-state index contributed by atoms with van der Waals surface area (Å²) in [6, 6.07) is 4.99. The van der Waals surface area contributed by atoms with E-state index in [1.807, 2.05) is 0 Å². The topological polar surface area (TPSA) is 71.8 Å². The van der Waals surface area contributed by atoms with Gasteiger partial charge in [0, 0.05) is 40.0 Å². The number of alkyl halides is 3. The minimum absolute atomic E-state index is 0.0205. The van der Waals surface area contributed by atoms with Crippen molar-refractivity contribution in [3.05, 3.63) is 58.9 Å². The number of aromatic amines is 1. The van der Waals surface area contributed by atoms with Crippen LogP contribution in [-0.2, 0) is 11.0 Å². The van der Waals surface area contributed by atoms with Gasteiger partial charge in [0.1, 0.15) is 5.65 Å². The van der Waals surface area contributed by atoms with Crippen LogP contribution in [0, 0.1) is 0 Å². The van der Waals surface area contributed by atoms with Gasteiger partial charge in [-0.25, -0.2) is 4.98 Å². The summed E-state index contributed by atoms with van der Waals surface area (Å²) in [5.41, 5.74) is 6.17. The highest BCUT2D eigenvalue weighted by Gasteiger charge is 2.31. The Labute approximate surface area is 145 Å². The van der Waals surface area contributed by atoms with Crippen LogP contribution in [0.4, 0.5) is 13.2 Å². The van der Waals surface area contributed by atoms with Crippen molar-refractivity contribution >= 4 is 34.6 Å². The highest BCUT2D eigenvalue weighted by molar-refractivity contribution is 6.31. The molecule has 0 aliphatic heterocycles. The van der Waals surface area contributed by atoms with Gasteiger partial charge in [0.25, 0.3) is 0 Å². The summed E-state index contributed by atoms with van der Waals surface area (Å²) in [5, 5.41) is 0.622. The zero-order valence-corrected chi connectivity index (χ0v) is 13.3. The number of fused-ring (bicyclic) bond motifs is 1. The second-order valence-electron chi connectivity index (χ2n) is 5.33. The van der Waals surface area contributed by atoms with Crippen molar-refractivity contribution in [3.8, 4) is 11.1 Å². The number of aromatic nitrogens is 2. The Kier molecular flexibility index (Phi) is 4.26. The second kappa shape index (κ2) is 6.25. The molecular formula is C17H11ClF3N3O. The first-order chi connectivity index (χ1) is 11.7. The molecule has 0 unspecified atom stereocenters. The number of pyridine rings is 1. The maximum Gasteiger partial charge on any atom is 0.416 e. The molecule has 1 amide bonds. The molecule has 2 heterocycles. The summed E-state index contributed by atoms with van der Waals surface area (Å²) in [4.78, 5) is 18.0. The number of benzene rings is 1. The molecule has 0 saturated carbocycles. The van der Waals surface area contributed by atoms with Crippen molar-refractivity contribution in [1.82, 2.24) is 9.97 Å². The van der Waals surface area contributed by atoms with Crippen LogP contribution in [0.15, 0.2) is 42.7 Å². The average Bonchev–Trinajstić information content (AvgIpc) is 2.93. The van der Waals surface area contributed by atoms with Gasteiger partial charge in [-0.1, -0.05) is 11.6 Å². The van der Waals surface area contributed by atoms with Gasteiger partial charge in [-0.3, -0.25) is 4.79 Å². The number of nitrogens with two attached hydrogens (primary N) is 1. The van der Waals surface area contributed by atoms with Crippen LogP contribution < -0.4 is 5.73 Å². The number of hydrogen-bond acceptors (Lipinski definition) is 2. The van der Waals surface area contributed by atoms with Gasteiger partial charge in [-0.05, 0) is 35.9 Å². The molecule has 2 aromatic heterocycles. The zero-order valence-electron chi connectivity index (χ0n) is 12.6. The Balaban J connectivity index is 2.12. The quantitative estimate of drug-likeness (QED) is 0.675. The number of nitrogens with one attached hydrogen (secondary N) is 1. The predicted molar refractivity (Wildman–Crippen MR) is 89.8 cm³/mol. The number of rotatable bonds is 3. The minimum Gasteiger partial charge on any atom is -0.366 e. The molecular weight excluding hydrogens is 355 g/mol. The number of primary amides is 1. The molecule has 0 fully saturated rings. The normalized spacial score (nSPS) is 12.2. The molecule has 0 aliphatic carbocycles. The van der Waals surface area contributed by atoms with E-state index in [9.17, 15) is 18.0 Å². The fourth-order valence-corrected chi connectivity index (χ4v) is 2.65. The van der Waals surface area contributed by atoms with E-state index in [4.69, 9.17) is 17.3 Å². The summed E-state index contributed by atoms with van der Waals surface area (Å²) < 4.78 is 38.9. The summed E-state index contributed by atoms with van der Waals surface area (Å²) in [5.74, 6) is -0.608. The van der Waals surface area contributed by atoms with Gasteiger partial charge in [-0.15, -0.1) is 0 Å². The van der Waals surface area contributed by atoms with Crippen molar-refractivity contribution in [1.29, 1.82) is 0 Å². The molecule has 3 rings (SSSR count). The van der Waals surface area contributed by atoms with Crippen LogP contribution >= 0.6 is 11.6 Å². The lowest BCUT2D eigenvalue weighted by molar-refractivity contribution is -0.137. The molecule has 3 N–H and O–H groups in total. The smallest absolute Gasteiger partial charge is 0.366 e. The number of amides is 1. The first-order valence-electron chi connectivity index (χ1n) is 7.07. The Morgan fingerprint density at radius 2 is 1.96 bits per heavy atom. The number of hydrogen-bond donors (Lipinski definition) is 2. The molecule has 0 atom stereocenters. The lowest BCUT2D eigenvalue weighted by Crippen LogP contribution is -2.05. The second-order valence-corrected chi connectivity index (χ2v) is 5.76. The van der Waals surface area contributed by atoms with Crippen LogP contribution in [0.1, 0.15) is 11.1 Å². The largest absolute Gasteiger partial charge is 0.416 e. The Bertz CT molecular complexity index is 992. The fraction of sp³-hybridized carbons (Fsp3) is 0.0588. The molecule has 8 heteroatoms. The molecule has 0 bridgehead atoms. The number of carbonyl (C=O) groups excluding carboxylic acids is 1. The van der Waals surface area contributed by atoms with Gasteiger partial charge in [0.2, 0.25) is 5.91 Å². The predicted octanol–water partition coefficient (Wildman–Crippen LogP) is 4.40. The summed E-state index contributed by atoms with van der Waals surface area (Å²) in [6.45, 7) is 0. The summed E-state index contributed by atoms with van der Waals surface area (Å²) in [6.07, 6.45) is 1.27. The van der Waals surface area contributed by atoms with Gasteiger partial charge in [0.05, 0.1) is 5.56 Å². The maximum atomic E-state index is 13.0. The SMILES string of the molecule is NC(=O)C=Cc1c[nH]c2ncc(-c3cc(Cl)cc(C(F)(F)F)c3)cc12. The van der Waals surface area contributed by atoms with Crippen molar-refractivity contribution in [2.45, 2.75) is 6.18 Å². The van der Waals surface area contributed by atoms with Gasteiger partial charge < -0.3 is 10.7 Å². The van der Waals surface area contributed by atoms with E-state index in [0.717, 1.165) is 12.1 Å². The number of halogens is 4. The lowest BCUT2D eigenvalue weighted by Gasteiger charge is -2.10. The van der Waals surface area contributed by atoms with Crippen LogP contribution in [0.2, 0.25) is 5.02 Å². The molecule has 0 aliphatic rings. The van der Waals surface area contributed by atoms with Crippen LogP contribution in [-0.4, -0.2) is 15.9 Å². The molecule has 0 saturated heterocycles. The van der Waals surface area contributed by atoms with Crippen LogP contribution in [0.5, 0.6) is 0 Å². The van der Waals surface area contributed by atoms with E-state index in [-0.39, 0.29) is 5.02 Å². The molecule has 3 aromatic rings. The van der Waals surface area contributed by atoms with Crippen molar-refractivity contribution in [2.24, 2.45) is 5.73 Å². The minimum atomic E-state index is -4.50. The standard InChI is InChI=1S/C17H11ClF3N3O/c18-13-4-10(3-12(6-13)17(19,20)21)11-5-14-9(1-2-15(22)25)7-23-16(14)24-8-11/h1-8H,(H2,22,25)(H,23,24). The first-order valence-corrected chi connectivity index (χ1v) is 7.44. The average molecular weight is 366 g/mol. The highest BCUT2D eigenvalue weighted by Crippen LogP contribution is 2.35. The van der Waals surface area contributed by atoms with Crippen molar-refractivity contribution < 1.29 is 18.0 Å². The van der Waals surface area contributed by atoms with Crippen molar-refractivity contribution in [3.63, 3.8) is 0 Å². The van der Waals surface area contributed by atoms with Crippen LogP contribution in [0.3, 0.4) is 0 Å². The Morgan fingerprint density at radius 1 is 1.20 bits per heavy atom. The number of carbonyl (C=O) groups is 1. The number of H-pyrrole nitrogens is 1. The monoisotopic (exact) mass is 365 g/mol. The van der Waals surface area contributed by atoms with E-state index in [1.54, 1.807) is 12.3 Å². The molecule has 25 heavy (non-hydrogen) atoms. The van der Waals surface area contributed by atoms with Crippen LogP contribution in [0.25, 0.3) is 28.2 Å². The molecule has 0 spiro atoms. The summed E-state index contributed by atoms with van der Waals surface area (Å²) >= 11 is 5.83. The van der Waals surface area contributed by atoms with E-state index in [1.165, 1.54) is 24.4 Å².